The van der Waals surface area contributed by atoms with E-state index >= 15 is 0 Å². The minimum absolute atomic E-state index is 0.454. The summed E-state index contributed by atoms with van der Waals surface area (Å²) in [7, 11) is 0. The van der Waals surface area contributed by atoms with Crippen LogP contribution >= 0.6 is 0 Å². The average Bonchev–Trinajstić information content (AvgIpc) is 2.57. The molecule has 0 saturated heterocycles. The van der Waals surface area contributed by atoms with Gasteiger partial charge in [-0.05, 0) is 50.3 Å². The second-order valence-electron chi connectivity index (χ2n) is 6.00. The van der Waals surface area contributed by atoms with Gasteiger partial charge in [-0.1, -0.05) is 48.4 Å². The molecule has 1 N–H and O–H groups in total. The fraction of sp³-hybridized carbons (Fsp3) is 0.444. The van der Waals surface area contributed by atoms with Crippen LogP contribution in [0.1, 0.15) is 46.6 Å². The molecular weight excluding hydrogens is 232 g/mol. The predicted octanol–water partition coefficient (Wildman–Crippen LogP) is 4.59. The molecule has 1 aromatic carbocycles. The van der Waals surface area contributed by atoms with Crippen LogP contribution in [0, 0.1) is 5.92 Å². The maximum atomic E-state index is 10.8. The molecule has 0 saturated carbocycles. The summed E-state index contributed by atoms with van der Waals surface area (Å²) in [5.41, 5.74) is 5.77. The number of rotatable bonds is 3. The fourth-order valence-corrected chi connectivity index (χ4v) is 3.00. The van der Waals surface area contributed by atoms with Gasteiger partial charge in [-0.25, -0.2) is 0 Å². The van der Waals surface area contributed by atoms with Crippen molar-refractivity contribution >= 4 is 0 Å². The van der Waals surface area contributed by atoms with Crippen LogP contribution in [0.5, 0.6) is 0 Å². The van der Waals surface area contributed by atoms with Gasteiger partial charge in [-0.3, -0.25) is 0 Å². The standard InChI is InChI=1S/C18H24O/c1-12-13(2)15(4)17(14(12)3)11-18(5,19)16-9-7-6-8-10-16/h6-10,14,19H,11H2,1-5H3. The quantitative estimate of drug-likeness (QED) is 0.838. The predicted molar refractivity (Wildman–Crippen MR) is 80.9 cm³/mol. The third-order valence-electron chi connectivity index (χ3n) is 4.74. The summed E-state index contributed by atoms with van der Waals surface area (Å²) < 4.78 is 0. The Hall–Kier alpha value is -1.34. The maximum absolute atomic E-state index is 10.8. The van der Waals surface area contributed by atoms with Crippen LogP contribution in [-0.4, -0.2) is 5.11 Å². The Morgan fingerprint density at radius 2 is 1.63 bits per heavy atom. The van der Waals surface area contributed by atoms with Gasteiger partial charge in [0.1, 0.15) is 0 Å². The lowest BCUT2D eigenvalue weighted by Crippen LogP contribution is -2.23. The largest absolute Gasteiger partial charge is 0.385 e. The lowest BCUT2D eigenvalue weighted by molar-refractivity contribution is 0.0557. The zero-order valence-corrected chi connectivity index (χ0v) is 12.6. The van der Waals surface area contributed by atoms with Gasteiger partial charge in [0.2, 0.25) is 0 Å². The van der Waals surface area contributed by atoms with Gasteiger partial charge in [0.25, 0.3) is 0 Å². The van der Waals surface area contributed by atoms with E-state index in [1.165, 1.54) is 22.3 Å². The van der Waals surface area contributed by atoms with Crippen LogP contribution in [0.3, 0.4) is 0 Å². The van der Waals surface area contributed by atoms with E-state index in [0.29, 0.717) is 12.3 Å². The Kier molecular flexibility index (Phi) is 3.69. The van der Waals surface area contributed by atoms with Crippen LogP contribution in [0.15, 0.2) is 52.6 Å². The molecule has 2 rings (SSSR count). The zero-order valence-electron chi connectivity index (χ0n) is 12.6. The summed E-state index contributed by atoms with van der Waals surface area (Å²) in [5.74, 6) is 0.454. The summed E-state index contributed by atoms with van der Waals surface area (Å²) in [6, 6.07) is 9.96. The van der Waals surface area contributed by atoms with Gasteiger partial charge in [-0.2, -0.15) is 0 Å². The van der Waals surface area contributed by atoms with Crippen molar-refractivity contribution in [2.24, 2.45) is 5.92 Å². The van der Waals surface area contributed by atoms with Crippen molar-refractivity contribution in [3.8, 4) is 0 Å². The Bertz CT molecular complexity index is 532. The minimum atomic E-state index is -0.795. The van der Waals surface area contributed by atoms with Gasteiger partial charge in [0.15, 0.2) is 0 Å². The Morgan fingerprint density at radius 1 is 1.05 bits per heavy atom. The van der Waals surface area contributed by atoms with E-state index in [1.54, 1.807) is 0 Å². The molecule has 0 aromatic heterocycles. The first-order valence-electron chi connectivity index (χ1n) is 7.00. The summed E-state index contributed by atoms with van der Waals surface area (Å²) in [6.07, 6.45) is 0.707. The monoisotopic (exact) mass is 256 g/mol. The molecule has 0 amide bonds. The van der Waals surface area contributed by atoms with Crippen LogP contribution in [0.2, 0.25) is 0 Å². The summed E-state index contributed by atoms with van der Waals surface area (Å²) in [6.45, 7) is 10.7. The molecule has 0 heterocycles. The number of aliphatic hydroxyl groups is 1. The molecule has 1 aliphatic carbocycles. The van der Waals surface area contributed by atoms with E-state index in [-0.39, 0.29) is 0 Å². The summed E-state index contributed by atoms with van der Waals surface area (Å²) >= 11 is 0. The lowest BCUT2D eigenvalue weighted by Gasteiger charge is -2.27. The highest BCUT2D eigenvalue weighted by Gasteiger charge is 2.31. The Labute approximate surface area is 116 Å². The van der Waals surface area contributed by atoms with Crippen molar-refractivity contribution in [3.63, 3.8) is 0 Å². The van der Waals surface area contributed by atoms with E-state index in [1.807, 2.05) is 37.3 Å². The first-order valence-corrected chi connectivity index (χ1v) is 7.00. The van der Waals surface area contributed by atoms with Gasteiger partial charge in [0, 0.05) is 6.42 Å². The first-order chi connectivity index (χ1) is 8.84. The fourth-order valence-electron chi connectivity index (χ4n) is 3.00. The van der Waals surface area contributed by atoms with Gasteiger partial charge < -0.3 is 5.11 Å². The molecule has 0 bridgehead atoms. The smallest absolute Gasteiger partial charge is 0.0905 e. The Morgan fingerprint density at radius 3 is 2.11 bits per heavy atom. The minimum Gasteiger partial charge on any atom is -0.385 e. The molecule has 2 atom stereocenters. The molecule has 1 heteroatoms. The SMILES string of the molecule is CC1=C(C)C(C)C(CC(C)(O)c2ccccc2)=C1C. The van der Waals surface area contributed by atoms with Crippen molar-refractivity contribution in [2.75, 3.05) is 0 Å². The number of hydrogen-bond donors (Lipinski definition) is 1. The van der Waals surface area contributed by atoms with E-state index in [9.17, 15) is 5.11 Å². The van der Waals surface area contributed by atoms with Crippen LogP contribution in [0.25, 0.3) is 0 Å². The van der Waals surface area contributed by atoms with Crippen molar-refractivity contribution < 1.29 is 5.11 Å². The topological polar surface area (TPSA) is 20.2 Å². The van der Waals surface area contributed by atoms with E-state index in [2.05, 4.69) is 27.7 Å². The molecule has 1 aromatic rings. The highest BCUT2D eigenvalue weighted by atomic mass is 16.3. The maximum Gasteiger partial charge on any atom is 0.0905 e. The van der Waals surface area contributed by atoms with Crippen LogP contribution < -0.4 is 0 Å². The van der Waals surface area contributed by atoms with Crippen LogP contribution in [0.4, 0.5) is 0 Å². The third-order valence-corrected chi connectivity index (χ3v) is 4.74. The van der Waals surface area contributed by atoms with E-state index < -0.39 is 5.60 Å². The van der Waals surface area contributed by atoms with Crippen molar-refractivity contribution in [1.82, 2.24) is 0 Å². The van der Waals surface area contributed by atoms with Crippen molar-refractivity contribution in [1.29, 1.82) is 0 Å². The average molecular weight is 256 g/mol. The van der Waals surface area contributed by atoms with E-state index in [0.717, 1.165) is 5.56 Å². The summed E-state index contributed by atoms with van der Waals surface area (Å²) in [4.78, 5) is 0. The summed E-state index contributed by atoms with van der Waals surface area (Å²) in [5, 5.41) is 10.8. The van der Waals surface area contributed by atoms with Gasteiger partial charge >= 0.3 is 0 Å². The molecule has 1 aliphatic rings. The van der Waals surface area contributed by atoms with Gasteiger partial charge in [-0.15, -0.1) is 0 Å². The molecule has 0 fully saturated rings. The highest BCUT2D eigenvalue weighted by Crippen LogP contribution is 2.42. The molecule has 102 valence electrons. The third kappa shape index (κ3) is 2.52. The van der Waals surface area contributed by atoms with E-state index in [4.69, 9.17) is 0 Å². The second kappa shape index (κ2) is 4.97. The van der Waals surface area contributed by atoms with Crippen molar-refractivity contribution in [2.45, 2.75) is 46.6 Å². The van der Waals surface area contributed by atoms with Crippen molar-refractivity contribution in [3.05, 3.63) is 58.2 Å². The lowest BCUT2D eigenvalue weighted by atomic mass is 9.84. The second-order valence-corrected chi connectivity index (χ2v) is 6.00. The normalized spacial score (nSPS) is 22.9. The van der Waals surface area contributed by atoms with Crippen LogP contribution in [-0.2, 0) is 5.60 Å². The molecule has 0 spiro atoms. The number of hydrogen-bond acceptors (Lipinski definition) is 1. The molecule has 2 unspecified atom stereocenters. The molecule has 0 aliphatic heterocycles. The number of allylic oxidation sites excluding steroid dienone is 3. The number of benzene rings is 1. The molecule has 1 nitrogen and oxygen atoms in total. The van der Waals surface area contributed by atoms with Gasteiger partial charge in [0.05, 0.1) is 5.60 Å². The first kappa shape index (κ1) is 14.1. The molecular formula is C18H24O. The highest BCUT2D eigenvalue weighted by molar-refractivity contribution is 5.47. The molecule has 0 radical (unpaired) electrons. The Balaban J connectivity index is 2.28. The molecule has 19 heavy (non-hydrogen) atoms. The zero-order chi connectivity index (χ0) is 14.2.